The van der Waals surface area contributed by atoms with Crippen LogP contribution in [0.15, 0.2) is 24.3 Å². The van der Waals surface area contributed by atoms with Crippen LogP contribution in [0, 0.1) is 11.3 Å². The summed E-state index contributed by atoms with van der Waals surface area (Å²) in [6.07, 6.45) is 0.244. The first kappa shape index (κ1) is 14.5. The molecule has 0 bridgehead atoms. The van der Waals surface area contributed by atoms with Crippen LogP contribution in [-0.4, -0.2) is 42.1 Å². The second-order valence-electron chi connectivity index (χ2n) is 3.81. The lowest BCUT2D eigenvalue weighted by Gasteiger charge is -2.16. The summed E-state index contributed by atoms with van der Waals surface area (Å²) >= 11 is 0. The van der Waals surface area contributed by atoms with Crippen molar-refractivity contribution in [1.82, 2.24) is 4.90 Å². The summed E-state index contributed by atoms with van der Waals surface area (Å²) in [6, 6.07) is 8.05. The van der Waals surface area contributed by atoms with Gasteiger partial charge >= 0.3 is 5.97 Å². The minimum atomic E-state index is -1.11. The maximum Gasteiger partial charge on any atom is 0.339 e. The Hall–Kier alpha value is -2.55. The largest absolute Gasteiger partial charge is 0.483 e. The molecular weight excluding hydrogens is 248 g/mol. The van der Waals surface area contributed by atoms with Gasteiger partial charge in [-0.3, -0.25) is 4.79 Å². The average molecular weight is 262 g/mol. The second kappa shape index (κ2) is 7.01. The summed E-state index contributed by atoms with van der Waals surface area (Å²) in [5.74, 6) is -1.27. The van der Waals surface area contributed by atoms with E-state index in [-0.39, 0.29) is 30.2 Å². The molecule has 1 rings (SSSR count). The van der Waals surface area contributed by atoms with Crippen LogP contribution < -0.4 is 4.74 Å². The molecule has 0 saturated heterocycles. The van der Waals surface area contributed by atoms with Gasteiger partial charge in [0.05, 0.1) is 12.5 Å². The van der Waals surface area contributed by atoms with E-state index in [9.17, 15) is 9.59 Å². The van der Waals surface area contributed by atoms with Crippen molar-refractivity contribution >= 4 is 11.9 Å². The lowest BCUT2D eigenvalue weighted by molar-refractivity contribution is -0.132. The summed E-state index contributed by atoms with van der Waals surface area (Å²) in [7, 11) is 1.56. The van der Waals surface area contributed by atoms with Crippen molar-refractivity contribution in [3.8, 4) is 11.8 Å². The van der Waals surface area contributed by atoms with Crippen molar-refractivity contribution in [2.75, 3.05) is 20.2 Å². The lowest BCUT2D eigenvalue weighted by Crippen LogP contribution is -2.32. The number of benzene rings is 1. The number of nitrogens with zero attached hydrogens (tertiary/aromatic N) is 2. The third-order valence-electron chi connectivity index (χ3n) is 2.45. The minimum absolute atomic E-state index is 0.00924. The van der Waals surface area contributed by atoms with E-state index in [4.69, 9.17) is 15.1 Å². The molecule has 1 aromatic rings. The van der Waals surface area contributed by atoms with Gasteiger partial charge in [0.2, 0.25) is 0 Å². The quantitative estimate of drug-likeness (QED) is 0.830. The number of likely N-dealkylation sites (N-methyl/N-ethyl adjacent to an activating group) is 1. The summed E-state index contributed by atoms with van der Waals surface area (Å²) in [5.41, 5.74) is 0.00924. The van der Waals surface area contributed by atoms with Crippen LogP contribution in [0.4, 0.5) is 0 Å². The van der Waals surface area contributed by atoms with Crippen LogP contribution in [0.3, 0.4) is 0 Å². The fourth-order valence-electron chi connectivity index (χ4n) is 1.36. The zero-order valence-corrected chi connectivity index (χ0v) is 10.5. The molecule has 0 fully saturated rings. The van der Waals surface area contributed by atoms with Gasteiger partial charge in [0.15, 0.2) is 6.61 Å². The van der Waals surface area contributed by atoms with Gasteiger partial charge in [0.1, 0.15) is 11.3 Å². The monoisotopic (exact) mass is 262 g/mol. The Morgan fingerprint density at radius 1 is 1.42 bits per heavy atom. The SMILES string of the molecule is CN(CCC#N)C(=O)COc1ccccc1C(=O)O. The molecule has 0 aliphatic heterocycles. The summed E-state index contributed by atoms with van der Waals surface area (Å²) < 4.78 is 5.21. The first-order valence-corrected chi connectivity index (χ1v) is 5.62. The number of carbonyl (C=O) groups is 2. The van der Waals surface area contributed by atoms with Crippen molar-refractivity contribution in [2.45, 2.75) is 6.42 Å². The van der Waals surface area contributed by atoms with Gasteiger partial charge in [-0.25, -0.2) is 4.79 Å². The Morgan fingerprint density at radius 2 is 2.11 bits per heavy atom. The molecule has 0 heterocycles. The van der Waals surface area contributed by atoms with Gasteiger partial charge in [0.25, 0.3) is 5.91 Å². The first-order chi connectivity index (χ1) is 9.06. The topological polar surface area (TPSA) is 90.6 Å². The van der Waals surface area contributed by atoms with Crippen LogP contribution in [0.5, 0.6) is 5.75 Å². The number of hydrogen-bond donors (Lipinski definition) is 1. The maximum absolute atomic E-state index is 11.6. The maximum atomic E-state index is 11.6. The molecule has 0 aliphatic rings. The van der Waals surface area contributed by atoms with E-state index in [1.807, 2.05) is 6.07 Å². The molecule has 0 aromatic heterocycles. The van der Waals surface area contributed by atoms with E-state index in [0.29, 0.717) is 6.54 Å². The second-order valence-corrected chi connectivity index (χ2v) is 3.81. The molecule has 100 valence electrons. The standard InChI is InChI=1S/C13H14N2O4/c1-15(8-4-7-14)12(16)9-19-11-6-3-2-5-10(11)13(17)18/h2-3,5-6H,4,8-9H2,1H3,(H,17,18). The van der Waals surface area contributed by atoms with Gasteiger partial charge < -0.3 is 14.7 Å². The molecule has 19 heavy (non-hydrogen) atoms. The van der Waals surface area contributed by atoms with Crippen LogP contribution in [0.25, 0.3) is 0 Å². The molecule has 1 aromatic carbocycles. The fourth-order valence-corrected chi connectivity index (χ4v) is 1.36. The number of aromatic carboxylic acids is 1. The molecule has 0 atom stereocenters. The third kappa shape index (κ3) is 4.32. The zero-order chi connectivity index (χ0) is 14.3. The van der Waals surface area contributed by atoms with E-state index < -0.39 is 5.97 Å². The number of amides is 1. The van der Waals surface area contributed by atoms with Crippen LogP contribution in [0.1, 0.15) is 16.8 Å². The highest BCUT2D eigenvalue weighted by Gasteiger charge is 2.13. The Kier molecular flexibility index (Phi) is 5.35. The Morgan fingerprint density at radius 3 is 2.74 bits per heavy atom. The Bertz CT molecular complexity index is 508. The van der Waals surface area contributed by atoms with Gasteiger partial charge in [0, 0.05) is 13.6 Å². The average Bonchev–Trinajstić information content (AvgIpc) is 2.42. The number of carbonyl (C=O) groups excluding carboxylic acids is 1. The highest BCUT2D eigenvalue weighted by atomic mass is 16.5. The number of ether oxygens (including phenoxy) is 1. The zero-order valence-electron chi connectivity index (χ0n) is 10.5. The van der Waals surface area contributed by atoms with E-state index in [1.54, 1.807) is 19.2 Å². The number of hydrogen-bond acceptors (Lipinski definition) is 4. The van der Waals surface area contributed by atoms with E-state index >= 15 is 0 Å². The van der Waals surface area contributed by atoms with Crippen LogP contribution in [0.2, 0.25) is 0 Å². The fraction of sp³-hybridized carbons (Fsp3) is 0.308. The van der Waals surface area contributed by atoms with Crippen molar-refractivity contribution in [3.63, 3.8) is 0 Å². The molecular formula is C13H14N2O4. The van der Waals surface area contributed by atoms with Gasteiger partial charge in [-0.15, -0.1) is 0 Å². The number of carboxylic acid groups (broad SMARTS) is 1. The smallest absolute Gasteiger partial charge is 0.339 e. The number of para-hydroxylation sites is 1. The summed E-state index contributed by atoms with van der Waals surface area (Å²) in [6.45, 7) is 0.0610. The van der Waals surface area contributed by atoms with Crippen molar-refractivity contribution in [2.24, 2.45) is 0 Å². The highest BCUT2D eigenvalue weighted by Crippen LogP contribution is 2.17. The summed E-state index contributed by atoms with van der Waals surface area (Å²) in [4.78, 5) is 23.9. The van der Waals surface area contributed by atoms with Gasteiger partial charge in [-0.1, -0.05) is 12.1 Å². The molecule has 6 nitrogen and oxygen atoms in total. The predicted octanol–water partition coefficient (Wildman–Crippen LogP) is 1.14. The normalized spacial score (nSPS) is 9.47. The van der Waals surface area contributed by atoms with E-state index in [1.165, 1.54) is 17.0 Å². The first-order valence-electron chi connectivity index (χ1n) is 5.62. The van der Waals surface area contributed by atoms with Crippen LogP contribution in [-0.2, 0) is 4.79 Å². The molecule has 0 saturated carbocycles. The van der Waals surface area contributed by atoms with Crippen molar-refractivity contribution < 1.29 is 19.4 Å². The third-order valence-corrected chi connectivity index (χ3v) is 2.45. The van der Waals surface area contributed by atoms with Gasteiger partial charge in [-0.05, 0) is 12.1 Å². The number of carboxylic acids is 1. The van der Waals surface area contributed by atoms with Crippen LogP contribution >= 0.6 is 0 Å². The number of nitriles is 1. The summed E-state index contributed by atoms with van der Waals surface area (Å²) in [5, 5.41) is 17.4. The van der Waals surface area contributed by atoms with Crippen molar-refractivity contribution in [1.29, 1.82) is 5.26 Å². The van der Waals surface area contributed by atoms with E-state index in [0.717, 1.165) is 0 Å². The molecule has 0 radical (unpaired) electrons. The molecule has 0 aliphatic carbocycles. The van der Waals surface area contributed by atoms with Crippen molar-refractivity contribution in [3.05, 3.63) is 29.8 Å². The lowest BCUT2D eigenvalue weighted by atomic mass is 10.2. The Balaban J connectivity index is 2.60. The highest BCUT2D eigenvalue weighted by molar-refractivity contribution is 5.91. The molecule has 6 heteroatoms. The Labute approximate surface area is 110 Å². The molecule has 1 N–H and O–H groups in total. The molecule has 0 spiro atoms. The number of rotatable bonds is 6. The molecule has 1 amide bonds. The minimum Gasteiger partial charge on any atom is -0.483 e. The van der Waals surface area contributed by atoms with Gasteiger partial charge in [-0.2, -0.15) is 5.26 Å². The van der Waals surface area contributed by atoms with E-state index in [2.05, 4.69) is 0 Å². The predicted molar refractivity (Wildman–Crippen MR) is 66.8 cm³/mol. The molecule has 0 unspecified atom stereocenters.